The van der Waals surface area contributed by atoms with Crippen LogP contribution < -0.4 is 15.6 Å². The van der Waals surface area contributed by atoms with Crippen LogP contribution in [-0.2, 0) is 33.3 Å². The van der Waals surface area contributed by atoms with E-state index in [1.54, 1.807) is 41.5 Å². The fourth-order valence-electron chi connectivity index (χ4n) is 3.26. The number of anilines is 1. The molecule has 0 aromatic heterocycles. The first-order chi connectivity index (χ1) is 19.4. The minimum Gasteiger partial charge on any atom is -0.468 e. The van der Waals surface area contributed by atoms with Crippen LogP contribution in [0.1, 0.15) is 47.1 Å². The normalized spacial score (nSPS) is 15.6. The topological polar surface area (TPSA) is 171 Å². The summed E-state index contributed by atoms with van der Waals surface area (Å²) in [4.78, 5) is 62.2. The summed E-state index contributed by atoms with van der Waals surface area (Å²) in [5.41, 5.74) is 0.415. The summed E-state index contributed by atoms with van der Waals surface area (Å²) in [7, 11) is 2.10. The summed E-state index contributed by atoms with van der Waals surface area (Å²) in [6, 6.07) is 3.62. The number of thioether (sulfide) groups is 1. The average Bonchev–Trinajstić information content (AvgIpc) is 3.25. The Kier molecular flexibility index (Phi) is 11.5. The number of hydrazone groups is 1. The Morgan fingerprint density at radius 3 is 2.14 bits per heavy atom. The van der Waals surface area contributed by atoms with E-state index in [1.165, 1.54) is 12.1 Å². The number of carbonyl (C=O) groups is 5. The molecule has 1 atom stereocenters. The fourth-order valence-corrected chi connectivity index (χ4v) is 4.26. The molecule has 0 spiro atoms. The van der Waals surface area contributed by atoms with Gasteiger partial charge in [-0.1, -0.05) is 11.8 Å². The number of alkyl carbamates (subject to hydrolysis) is 1. The molecule has 16 heteroatoms. The van der Waals surface area contributed by atoms with Gasteiger partial charge >= 0.3 is 30.2 Å². The highest BCUT2D eigenvalue weighted by Gasteiger charge is 2.35. The Labute approximate surface area is 246 Å². The van der Waals surface area contributed by atoms with Crippen molar-refractivity contribution >= 4 is 52.7 Å². The van der Waals surface area contributed by atoms with Crippen molar-refractivity contribution in [3.63, 3.8) is 0 Å². The van der Waals surface area contributed by atoms with Gasteiger partial charge in [0.05, 0.1) is 33.0 Å². The number of nitrogens with zero attached hydrogens (tertiary/aromatic N) is 2. The maximum Gasteiger partial charge on any atom is 0.428 e. The van der Waals surface area contributed by atoms with Crippen LogP contribution in [0.5, 0.6) is 0 Å². The number of esters is 2. The molecule has 1 aromatic carbocycles. The zero-order valence-corrected chi connectivity index (χ0v) is 25.4. The highest BCUT2D eigenvalue weighted by Crippen LogP contribution is 2.28. The molecule has 1 aliphatic rings. The Morgan fingerprint density at radius 1 is 1.05 bits per heavy atom. The van der Waals surface area contributed by atoms with Gasteiger partial charge in [0.15, 0.2) is 0 Å². The number of hydrogen-bond donors (Lipinski definition) is 2. The summed E-state index contributed by atoms with van der Waals surface area (Å²) < 4.78 is 40.3. The minimum atomic E-state index is -1.61. The molecule has 2 N–H and O–H groups in total. The molecule has 1 fully saturated rings. The molecular formula is C26H35FN4O10S. The lowest BCUT2D eigenvalue weighted by Crippen LogP contribution is -2.38. The van der Waals surface area contributed by atoms with Gasteiger partial charge in [-0.3, -0.25) is 14.5 Å². The van der Waals surface area contributed by atoms with E-state index >= 15 is 4.39 Å². The quantitative estimate of drug-likeness (QED) is 0.110. The lowest BCUT2D eigenvalue weighted by molar-refractivity contribution is -0.150. The molecule has 2 rings (SSSR count). The van der Waals surface area contributed by atoms with Gasteiger partial charge in [-0.15, -0.1) is 0 Å². The van der Waals surface area contributed by atoms with Crippen LogP contribution in [0, 0.1) is 5.82 Å². The summed E-state index contributed by atoms with van der Waals surface area (Å²) in [6.45, 7) is 9.93. The van der Waals surface area contributed by atoms with Crippen molar-refractivity contribution in [1.29, 1.82) is 0 Å². The van der Waals surface area contributed by atoms with Gasteiger partial charge in [0.25, 0.3) is 0 Å². The molecule has 1 aromatic rings. The first-order valence-electron chi connectivity index (χ1n) is 12.6. The van der Waals surface area contributed by atoms with Crippen molar-refractivity contribution in [2.75, 3.05) is 32.2 Å². The molecule has 0 aliphatic carbocycles. The second kappa shape index (κ2) is 14.2. The summed E-state index contributed by atoms with van der Waals surface area (Å²) in [5, 5.41) is 4.49. The van der Waals surface area contributed by atoms with Gasteiger partial charge in [-0.05, 0) is 59.7 Å². The standard InChI is InChI=1S/C26H35FN4O10S/c1-25(2,3)40-22(34)28-12-15-13-31(24(36)39-15)14-9-10-16(17(27)11-14)19(29-30-23(35)41-26(4,5)6)42-18(20(32)37-7)21(33)38-8/h9-11,15,18H,12-13H2,1-8H3,(H,28,34)(H,30,35)/b29-19-/t15-/m0/s1. The van der Waals surface area contributed by atoms with E-state index in [-0.39, 0.29) is 29.4 Å². The fraction of sp³-hybridized carbons (Fsp3) is 0.538. The van der Waals surface area contributed by atoms with Crippen LogP contribution in [0.3, 0.4) is 0 Å². The predicted molar refractivity (Wildman–Crippen MR) is 150 cm³/mol. The van der Waals surface area contributed by atoms with Crippen LogP contribution in [0.2, 0.25) is 0 Å². The zero-order valence-electron chi connectivity index (χ0n) is 24.6. The number of amides is 3. The first-order valence-corrected chi connectivity index (χ1v) is 13.5. The smallest absolute Gasteiger partial charge is 0.428 e. The minimum absolute atomic E-state index is 0.00390. The predicted octanol–water partition coefficient (Wildman–Crippen LogP) is 3.31. The maximum absolute atomic E-state index is 15.5. The van der Waals surface area contributed by atoms with Crippen molar-refractivity contribution in [2.45, 2.75) is 64.1 Å². The third-order valence-corrected chi connectivity index (χ3v) is 6.10. The third-order valence-electron chi connectivity index (χ3n) is 4.95. The summed E-state index contributed by atoms with van der Waals surface area (Å²) in [5.74, 6) is -2.92. The van der Waals surface area contributed by atoms with Crippen LogP contribution >= 0.6 is 11.8 Å². The van der Waals surface area contributed by atoms with Crippen molar-refractivity contribution < 1.29 is 52.0 Å². The second-order valence-corrected chi connectivity index (χ2v) is 11.8. The molecule has 232 valence electrons. The molecule has 0 radical (unpaired) electrons. The van der Waals surface area contributed by atoms with Gasteiger partial charge in [0.2, 0.25) is 5.25 Å². The van der Waals surface area contributed by atoms with Crippen LogP contribution in [0.15, 0.2) is 23.3 Å². The van der Waals surface area contributed by atoms with E-state index < -0.39 is 58.6 Å². The molecule has 0 saturated carbocycles. The average molecular weight is 615 g/mol. The molecule has 1 saturated heterocycles. The van der Waals surface area contributed by atoms with Gasteiger partial charge in [-0.25, -0.2) is 24.2 Å². The maximum atomic E-state index is 15.5. The van der Waals surface area contributed by atoms with E-state index in [9.17, 15) is 24.0 Å². The summed E-state index contributed by atoms with van der Waals surface area (Å²) >= 11 is 0.468. The van der Waals surface area contributed by atoms with Gasteiger partial charge in [0.1, 0.15) is 28.2 Å². The zero-order chi connectivity index (χ0) is 31.8. The van der Waals surface area contributed by atoms with Crippen LogP contribution in [0.4, 0.5) is 24.5 Å². The van der Waals surface area contributed by atoms with Gasteiger partial charge in [0, 0.05) is 5.56 Å². The van der Waals surface area contributed by atoms with E-state index in [0.717, 1.165) is 25.2 Å². The second-order valence-electron chi connectivity index (χ2n) is 10.7. The molecule has 1 heterocycles. The van der Waals surface area contributed by atoms with Crippen LogP contribution in [0.25, 0.3) is 0 Å². The Bertz CT molecular complexity index is 1210. The molecule has 3 amide bonds. The number of cyclic esters (lactones) is 1. The number of halogens is 1. The Morgan fingerprint density at radius 2 is 1.62 bits per heavy atom. The molecule has 42 heavy (non-hydrogen) atoms. The third kappa shape index (κ3) is 10.4. The lowest BCUT2D eigenvalue weighted by atomic mass is 10.2. The number of benzene rings is 1. The molecular weight excluding hydrogens is 579 g/mol. The molecule has 0 bridgehead atoms. The van der Waals surface area contributed by atoms with Crippen molar-refractivity contribution in [3.05, 3.63) is 29.6 Å². The number of hydrogen-bond acceptors (Lipinski definition) is 12. The van der Waals surface area contributed by atoms with E-state index in [0.29, 0.717) is 11.8 Å². The highest BCUT2D eigenvalue weighted by atomic mass is 32.2. The summed E-state index contributed by atoms with van der Waals surface area (Å²) in [6.07, 6.45) is -3.17. The largest absolute Gasteiger partial charge is 0.468 e. The number of nitrogens with one attached hydrogen (secondary N) is 2. The monoisotopic (exact) mass is 614 g/mol. The Hall–Kier alpha value is -4.08. The SMILES string of the molecule is COC(=O)C(S/C(=N\NC(=O)OC(C)(C)C)c1ccc(N2C[C@H](CNC(=O)OC(C)(C)C)OC2=O)cc1F)C(=O)OC. The van der Waals surface area contributed by atoms with E-state index in [4.69, 9.17) is 14.2 Å². The number of rotatable bonds is 8. The van der Waals surface area contributed by atoms with Crippen LogP contribution in [-0.4, -0.2) is 85.1 Å². The van der Waals surface area contributed by atoms with Gasteiger partial charge in [-0.2, -0.15) is 5.10 Å². The van der Waals surface area contributed by atoms with Gasteiger partial charge < -0.3 is 29.0 Å². The van der Waals surface area contributed by atoms with Crippen molar-refractivity contribution in [2.24, 2.45) is 5.10 Å². The molecule has 14 nitrogen and oxygen atoms in total. The molecule has 0 unspecified atom stereocenters. The highest BCUT2D eigenvalue weighted by molar-refractivity contribution is 8.16. The number of carbonyl (C=O) groups excluding carboxylic acids is 5. The first kappa shape index (κ1) is 34.1. The molecule has 1 aliphatic heterocycles. The Balaban J connectivity index is 2.30. The number of ether oxygens (including phenoxy) is 5. The van der Waals surface area contributed by atoms with E-state index in [1.807, 2.05) is 0 Å². The van der Waals surface area contributed by atoms with Crippen molar-refractivity contribution in [1.82, 2.24) is 10.7 Å². The van der Waals surface area contributed by atoms with E-state index in [2.05, 4.69) is 25.3 Å². The lowest BCUT2D eigenvalue weighted by Gasteiger charge is -2.20. The number of methoxy groups -OCH3 is 2. The van der Waals surface area contributed by atoms with Crippen molar-refractivity contribution in [3.8, 4) is 0 Å².